The molecule has 0 aliphatic rings. The van der Waals surface area contributed by atoms with Gasteiger partial charge in [-0.25, -0.2) is 0 Å². The van der Waals surface area contributed by atoms with Gasteiger partial charge in [-0.2, -0.15) is 0 Å². The molecule has 0 aliphatic carbocycles. The number of esters is 3. The summed E-state index contributed by atoms with van der Waals surface area (Å²) in [6.07, 6.45) is 98.5. The van der Waals surface area contributed by atoms with Gasteiger partial charge in [-0.05, 0) is 148 Å². The summed E-state index contributed by atoms with van der Waals surface area (Å²) in [6, 6.07) is 0. The Balaban J connectivity index is 4.37. The largest absolute Gasteiger partial charge is 0.462 e. The van der Waals surface area contributed by atoms with E-state index >= 15 is 0 Å². The molecule has 0 aromatic rings. The standard InChI is InChI=1S/C76H124O6/c1-4-7-10-13-16-19-22-25-28-30-31-32-33-34-35-36-37-38-39-40-41-42-43-44-45-46-49-51-54-57-60-63-66-69-75(78)81-72-73(71-80-74(77)68-65-62-59-56-53-50-47-27-24-21-18-15-12-9-6-3)82-76(79)70-67-64-61-58-55-52-48-29-26-23-20-17-14-11-8-5-2/h7,10,16,18-19,21,25,27-29,31-32,34-35,37-38,40-41,43-44,46-49,73H,4-6,8-9,11-15,17,20,22-24,26,30,33,36,39,42,45,50-72H2,1-3H3/b10-7-,19-16-,21-18-,28-25-,32-31-,35-34-,38-37-,41-40-,44-43-,47-27-,48-29-,49-46-. The van der Waals surface area contributed by atoms with Crippen LogP contribution in [0.2, 0.25) is 0 Å². The average molecular weight is 1130 g/mol. The van der Waals surface area contributed by atoms with E-state index in [2.05, 4.69) is 167 Å². The smallest absolute Gasteiger partial charge is 0.306 e. The van der Waals surface area contributed by atoms with Gasteiger partial charge in [0, 0.05) is 19.3 Å². The number of hydrogen-bond acceptors (Lipinski definition) is 6. The van der Waals surface area contributed by atoms with Crippen molar-refractivity contribution in [1.82, 2.24) is 0 Å². The van der Waals surface area contributed by atoms with Crippen molar-refractivity contribution in [3.05, 3.63) is 146 Å². The number of rotatable bonds is 60. The molecule has 82 heavy (non-hydrogen) atoms. The number of unbranched alkanes of at least 4 members (excludes halogenated alkanes) is 25. The molecule has 0 aromatic carbocycles. The van der Waals surface area contributed by atoms with Gasteiger partial charge in [0.25, 0.3) is 0 Å². The Hall–Kier alpha value is -4.71. The SMILES string of the molecule is CC/C=C\C/C=C\C/C=C\C/C=C\C/C=C\C/C=C\C/C=C\C/C=C\C/C=C\CCCCCCCC(=O)OCC(COC(=O)CCCCCCC/C=C\C/C=C\CCCCC)OC(=O)CCCCCCC/C=C\CCCCCCCCC. The van der Waals surface area contributed by atoms with Crippen molar-refractivity contribution in [1.29, 1.82) is 0 Å². The molecular formula is C76H124O6. The summed E-state index contributed by atoms with van der Waals surface area (Å²) >= 11 is 0. The minimum Gasteiger partial charge on any atom is -0.462 e. The normalized spacial score (nSPS) is 13.1. The van der Waals surface area contributed by atoms with Gasteiger partial charge in [-0.3, -0.25) is 14.4 Å². The number of carbonyl (C=O) groups excluding carboxylic acids is 3. The first kappa shape index (κ1) is 77.3. The lowest BCUT2D eigenvalue weighted by Gasteiger charge is -2.18. The lowest BCUT2D eigenvalue weighted by Crippen LogP contribution is -2.30. The molecule has 0 saturated heterocycles. The minimum atomic E-state index is -0.803. The van der Waals surface area contributed by atoms with Gasteiger partial charge in [0.1, 0.15) is 13.2 Å². The molecule has 6 heteroatoms. The van der Waals surface area contributed by atoms with E-state index in [9.17, 15) is 14.4 Å². The number of hydrogen-bond donors (Lipinski definition) is 0. The Morgan fingerprint density at radius 2 is 0.476 bits per heavy atom. The van der Waals surface area contributed by atoms with E-state index in [1.165, 1.54) is 83.5 Å². The summed E-state index contributed by atoms with van der Waals surface area (Å²) in [5.41, 5.74) is 0. The molecule has 0 N–H and O–H groups in total. The molecule has 0 spiro atoms. The number of allylic oxidation sites excluding steroid dienone is 24. The summed E-state index contributed by atoms with van der Waals surface area (Å²) in [4.78, 5) is 38.3. The molecule has 1 atom stereocenters. The first-order valence-electron chi connectivity index (χ1n) is 33.8. The fraction of sp³-hybridized carbons (Fsp3) is 0.645. The predicted octanol–water partition coefficient (Wildman–Crippen LogP) is 23.5. The Morgan fingerprint density at radius 1 is 0.256 bits per heavy atom. The fourth-order valence-corrected chi connectivity index (χ4v) is 8.99. The molecular weight excluding hydrogens is 1010 g/mol. The number of ether oxygens (including phenoxy) is 3. The third kappa shape index (κ3) is 66.1. The van der Waals surface area contributed by atoms with Crippen molar-refractivity contribution in [3.8, 4) is 0 Å². The number of carbonyl (C=O) groups is 3. The monoisotopic (exact) mass is 1130 g/mol. The van der Waals surface area contributed by atoms with Crippen LogP contribution in [0, 0.1) is 0 Å². The van der Waals surface area contributed by atoms with E-state index in [0.717, 1.165) is 173 Å². The van der Waals surface area contributed by atoms with Crippen LogP contribution in [-0.2, 0) is 28.6 Å². The Kier molecular flexibility index (Phi) is 64.8. The van der Waals surface area contributed by atoms with Crippen molar-refractivity contribution < 1.29 is 28.6 Å². The lowest BCUT2D eigenvalue weighted by atomic mass is 10.1. The summed E-state index contributed by atoms with van der Waals surface area (Å²) < 4.78 is 16.9. The van der Waals surface area contributed by atoms with E-state index in [1.54, 1.807) is 0 Å². The Bertz CT molecular complexity index is 1780. The van der Waals surface area contributed by atoms with Gasteiger partial charge >= 0.3 is 17.9 Å². The van der Waals surface area contributed by atoms with Crippen LogP contribution < -0.4 is 0 Å². The van der Waals surface area contributed by atoms with E-state index in [1.807, 2.05) is 0 Å². The van der Waals surface area contributed by atoms with Gasteiger partial charge in [0.05, 0.1) is 0 Å². The first-order valence-corrected chi connectivity index (χ1v) is 33.8. The summed E-state index contributed by atoms with van der Waals surface area (Å²) in [5, 5.41) is 0. The van der Waals surface area contributed by atoms with Crippen LogP contribution in [0.15, 0.2) is 146 Å². The second kappa shape index (κ2) is 68.8. The van der Waals surface area contributed by atoms with Crippen LogP contribution in [0.1, 0.15) is 297 Å². The molecule has 0 aromatic heterocycles. The first-order chi connectivity index (χ1) is 40.5. The topological polar surface area (TPSA) is 78.9 Å². The van der Waals surface area contributed by atoms with Crippen LogP contribution in [0.5, 0.6) is 0 Å². The molecule has 0 radical (unpaired) electrons. The van der Waals surface area contributed by atoms with E-state index in [4.69, 9.17) is 14.2 Å². The summed E-state index contributed by atoms with van der Waals surface area (Å²) in [5.74, 6) is -0.936. The van der Waals surface area contributed by atoms with Crippen LogP contribution in [0.3, 0.4) is 0 Å². The molecule has 464 valence electrons. The molecule has 0 saturated carbocycles. The molecule has 0 heterocycles. The van der Waals surface area contributed by atoms with Crippen LogP contribution >= 0.6 is 0 Å². The van der Waals surface area contributed by atoms with Crippen molar-refractivity contribution in [2.75, 3.05) is 13.2 Å². The zero-order valence-electron chi connectivity index (χ0n) is 53.2. The summed E-state index contributed by atoms with van der Waals surface area (Å²) in [7, 11) is 0. The average Bonchev–Trinajstić information content (AvgIpc) is 3.47. The molecule has 0 aliphatic heterocycles. The quantitative estimate of drug-likeness (QED) is 0.0261. The molecule has 0 rings (SSSR count). The summed E-state index contributed by atoms with van der Waals surface area (Å²) in [6.45, 7) is 6.47. The van der Waals surface area contributed by atoms with Crippen molar-refractivity contribution in [2.45, 2.75) is 303 Å². The van der Waals surface area contributed by atoms with Gasteiger partial charge in [0.2, 0.25) is 0 Å². The van der Waals surface area contributed by atoms with Gasteiger partial charge < -0.3 is 14.2 Å². The maximum Gasteiger partial charge on any atom is 0.306 e. The third-order valence-corrected chi connectivity index (χ3v) is 14.0. The van der Waals surface area contributed by atoms with Crippen LogP contribution in [0.25, 0.3) is 0 Å². The molecule has 0 bridgehead atoms. The fourth-order valence-electron chi connectivity index (χ4n) is 8.99. The van der Waals surface area contributed by atoms with Gasteiger partial charge in [-0.15, -0.1) is 0 Å². The zero-order chi connectivity index (χ0) is 59.2. The minimum absolute atomic E-state index is 0.0982. The highest BCUT2D eigenvalue weighted by atomic mass is 16.6. The predicted molar refractivity (Wildman–Crippen MR) is 357 cm³/mol. The Labute approximate surface area is 506 Å². The maximum absolute atomic E-state index is 12.9. The van der Waals surface area contributed by atoms with Crippen LogP contribution in [0.4, 0.5) is 0 Å². The molecule has 6 nitrogen and oxygen atoms in total. The highest BCUT2D eigenvalue weighted by Crippen LogP contribution is 2.14. The third-order valence-electron chi connectivity index (χ3n) is 14.0. The van der Waals surface area contributed by atoms with E-state index in [-0.39, 0.29) is 31.1 Å². The molecule has 0 amide bonds. The molecule has 1 unspecified atom stereocenters. The maximum atomic E-state index is 12.9. The zero-order valence-corrected chi connectivity index (χ0v) is 53.2. The highest BCUT2D eigenvalue weighted by Gasteiger charge is 2.19. The second-order valence-corrected chi connectivity index (χ2v) is 22.0. The molecule has 0 fully saturated rings. The van der Waals surface area contributed by atoms with E-state index in [0.29, 0.717) is 19.3 Å². The highest BCUT2D eigenvalue weighted by molar-refractivity contribution is 5.71. The second-order valence-electron chi connectivity index (χ2n) is 22.0. The van der Waals surface area contributed by atoms with Crippen molar-refractivity contribution in [3.63, 3.8) is 0 Å². The van der Waals surface area contributed by atoms with Crippen molar-refractivity contribution >= 4 is 17.9 Å². The van der Waals surface area contributed by atoms with Gasteiger partial charge in [-0.1, -0.05) is 276 Å². The van der Waals surface area contributed by atoms with Crippen LogP contribution in [-0.4, -0.2) is 37.2 Å². The lowest BCUT2D eigenvalue weighted by molar-refractivity contribution is -0.167. The van der Waals surface area contributed by atoms with Crippen molar-refractivity contribution in [2.24, 2.45) is 0 Å². The Morgan fingerprint density at radius 3 is 0.780 bits per heavy atom. The van der Waals surface area contributed by atoms with Gasteiger partial charge in [0.15, 0.2) is 6.10 Å². The van der Waals surface area contributed by atoms with E-state index < -0.39 is 6.10 Å².